The van der Waals surface area contributed by atoms with E-state index in [0.717, 1.165) is 24.1 Å². The summed E-state index contributed by atoms with van der Waals surface area (Å²) >= 11 is 6.15. The van der Waals surface area contributed by atoms with Crippen molar-refractivity contribution in [3.05, 3.63) is 64.7 Å². The zero-order chi connectivity index (χ0) is 13.7. The first-order valence-electron chi connectivity index (χ1n) is 6.30. The van der Waals surface area contributed by atoms with Gasteiger partial charge in [-0.2, -0.15) is 0 Å². The van der Waals surface area contributed by atoms with Crippen LogP contribution in [-0.2, 0) is 0 Å². The van der Waals surface area contributed by atoms with Crippen LogP contribution in [0.1, 0.15) is 30.5 Å². The molecule has 2 aromatic rings. The normalized spacial score (nSPS) is 12.4. The molecule has 0 aliphatic rings. The molecule has 0 saturated carbocycles. The summed E-state index contributed by atoms with van der Waals surface area (Å²) < 4.78 is 13.1. The van der Waals surface area contributed by atoms with Gasteiger partial charge in [0.2, 0.25) is 0 Å². The molecule has 19 heavy (non-hydrogen) atoms. The zero-order valence-electron chi connectivity index (χ0n) is 10.7. The number of nitrogens with zero attached hydrogens (tertiary/aromatic N) is 1. The van der Waals surface area contributed by atoms with Crippen LogP contribution in [0.5, 0.6) is 0 Å². The van der Waals surface area contributed by atoms with Crippen molar-refractivity contribution < 1.29 is 4.39 Å². The maximum atomic E-state index is 13.1. The van der Waals surface area contributed by atoms with E-state index in [9.17, 15) is 4.39 Å². The van der Waals surface area contributed by atoms with E-state index in [-0.39, 0.29) is 11.9 Å². The quantitative estimate of drug-likeness (QED) is 0.895. The third-order valence-corrected chi connectivity index (χ3v) is 3.22. The van der Waals surface area contributed by atoms with Crippen LogP contribution in [0.3, 0.4) is 0 Å². The van der Waals surface area contributed by atoms with E-state index < -0.39 is 0 Å². The van der Waals surface area contributed by atoms with E-state index in [1.165, 1.54) is 12.1 Å². The number of aromatic nitrogens is 1. The first-order chi connectivity index (χ1) is 9.22. The van der Waals surface area contributed by atoms with Gasteiger partial charge in [-0.25, -0.2) is 4.39 Å². The number of pyridine rings is 1. The van der Waals surface area contributed by atoms with Gasteiger partial charge in [-0.05, 0) is 42.3 Å². The van der Waals surface area contributed by atoms with E-state index in [0.29, 0.717) is 5.02 Å². The summed E-state index contributed by atoms with van der Waals surface area (Å²) in [5.41, 5.74) is 1.88. The van der Waals surface area contributed by atoms with Gasteiger partial charge in [0.15, 0.2) is 0 Å². The number of benzene rings is 1. The third kappa shape index (κ3) is 3.52. The van der Waals surface area contributed by atoms with E-state index in [4.69, 9.17) is 11.6 Å². The van der Waals surface area contributed by atoms with Crippen molar-refractivity contribution in [2.45, 2.75) is 19.4 Å². The summed E-state index contributed by atoms with van der Waals surface area (Å²) in [7, 11) is 0. The lowest BCUT2D eigenvalue weighted by Crippen LogP contribution is -2.23. The lowest BCUT2D eigenvalue weighted by Gasteiger charge is -2.20. The Hall–Kier alpha value is -1.45. The summed E-state index contributed by atoms with van der Waals surface area (Å²) in [5, 5.41) is 3.84. The highest BCUT2D eigenvalue weighted by Crippen LogP contribution is 2.28. The predicted octanol–water partition coefficient (Wildman–Crippen LogP) is 3.96. The van der Waals surface area contributed by atoms with Crippen molar-refractivity contribution in [2.75, 3.05) is 6.54 Å². The lowest BCUT2D eigenvalue weighted by atomic mass is 10.00. The lowest BCUT2D eigenvalue weighted by molar-refractivity contribution is 0.592. The number of nitrogens with one attached hydrogen (secondary N) is 1. The molecule has 1 aromatic heterocycles. The molecule has 1 heterocycles. The van der Waals surface area contributed by atoms with Gasteiger partial charge in [0, 0.05) is 17.4 Å². The van der Waals surface area contributed by atoms with Crippen molar-refractivity contribution in [3.63, 3.8) is 0 Å². The number of hydrogen-bond donors (Lipinski definition) is 1. The molecule has 0 radical (unpaired) electrons. The standard InChI is InChI=1S/C15H16ClFN2/c1-2-7-19-15(11-4-3-8-18-10-11)13-6-5-12(17)9-14(13)16/h3-6,8-10,15,19H,2,7H2,1H3. The number of halogens is 2. The van der Waals surface area contributed by atoms with E-state index >= 15 is 0 Å². The minimum atomic E-state index is -0.325. The van der Waals surface area contributed by atoms with Crippen molar-refractivity contribution in [3.8, 4) is 0 Å². The molecular formula is C15H16ClFN2. The predicted molar refractivity (Wildman–Crippen MR) is 75.8 cm³/mol. The number of rotatable bonds is 5. The Kier molecular flexibility index (Phi) is 4.88. The van der Waals surface area contributed by atoms with Crippen molar-refractivity contribution in [1.29, 1.82) is 0 Å². The van der Waals surface area contributed by atoms with Crippen LogP contribution in [-0.4, -0.2) is 11.5 Å². The Bertz CT molecular complexity index is 531. The summed E-state index contributed by atoms with van der Waals surface area (Å²) in [4.78, 5) is 4.13. The first kappa shape index (κ1) is 14.0. The largest absolute Gasteiger partial charge is 0.306 e. The average molecular weight is 279 g/mol. The van der Waals surface area contributed by atoms with Crippen LogP contribution < -0.4 is 5.32 Å². The summed E-state index contributed by atoms with van der Waals surface area (Å²) in [6, 6.07) is 8.29. The van der Waals surface area contributed by atoms with Gasteiger partial charge in [-0.3, -0.25) is 4.98 Å². The molecule has 2 rings (SSSR count). The Morgan fingerprint density at radius 2 is 2.21 bits per heavy atom. The summed E-state index contributed by atoms with van der Waals surface area (Å²) in [5.74, 6) is -0.325. The SMILES string of the molecule is CCCNC(c1cccnc1)c1ccc(F)cc1Cl. The smallest absolute Gasteiger partial charge is 0.124 e. The maximum absolute atomic E-state index is 13.1. The minimum absolute atomic E-state index is 0.0678. The summed E-state index contributed by atoms with van der Waals surface area (Å²) in [6.45, 7) is 2.95. The van der Waals surface area contributed by atoms with Gasteiger partial charge in [0.05, 0.1) is 6.04 Å². The van der Waals surface area contributed by atoms with Gasteiger partial charge in [-0.15, -0.1) is 0 Å². The Labute approximate surface area is 117 Å². The van der Waals surface area contributed by atoms with Gasteiger partial charge in [0.25, 0.3) is 0 Å². The molecule has 1 aromatic carbocycles. The molecule has 0 amide bonds. The van der Waals surface area contributed by atoms with E-state index in [1.54, 1.807) is 18.5 Å². The van der Waals surface area contributed by atoms with Gasteiger partial charge < -0.3 is 5.32 Å². The van der Waals surface area contributed by atoms with Gasteiger partial charge >= 0.3 is 0 Å². The van der Waals surface area contributed by atoms with E-state index in [1.807, 2.05) is 12.1 Å². The van der Waals surface area contributed by atoms with Crippen LogP contribution in [0.4, 0.5) is 4.39 Å². The van der Waals surface area contributed by atoms with Gasteiger partial charge in [-0.1, -0.05) is 30.7 Å². The molecule has 4 heteroatoms. The Morgan fingerprint density at radius 3 is 2.84 bits per heavy atom. The second-order valence-electron chi connectivity index (χ2n) is 4.34. The molecule has 1 N–H and O–H groups in total. The highest BCUT2D eigenvalue weighted by atomic mass is 35.5. The number of hydrogen-bond acceptors (Lipinski definition) is 2. The van der Waals surface area contributed by atoms with Crippen molar-refractivity contribution in [1.82, 2.24) is 10.3 Å². The topological polar surface area (TPSA) is 24.9 Å². The second-order valence-corrected chi connectivity index (χ2v) is 4.75. The van der Waals surface area contributed by atoms with Crippen LogP contribution in [0, 0.1) is 5.82 Å². The average Bonchev–Trinajstić information content (AvgIpc) is 2.42. The maximum Gasteiger partial charge on any atom is 0.124 e. The highest BCUT2D eigenvalue weighted by molar-refractivity contribution is 6.31. The van der Waals surface area contributed by atoms with Crippen LogP contribution in [0.2, 0.25) is 5.02 Å². The first-order valence-corrected chi connectivity index (χ1v) is 6.68. The van der Waals surface area contributed by atoms with Crippen LogP contribution in [0.25, 0.3) is 0 Å². The molecule has 0 aliphatic carbocycles. The van der Waals surface area contributed by atoms with Crippen LogP contribution in [0.15, 0.2) is 42.7 Å². The molecule has 1 atom stereocenters. The third-order valence-electron chi connectivity index (χ3n) is 2.89. The Morgan fingerprint density at radius 1 is 1.37 bits per heavy atom. The Balaban J connectivity index is 2.37. The second kappa shape index (κ2) is 6.64. The van der Waals surface area contributed by atoms with Crippen molar-refractivity contribution >= 4 is 11.6 Å². The molecule has 100 valence electrons. The molecule has 0 fully saturated rings. The van der Waals surface area contributed by atoms with E-state index in [2.05, 4.69) is 17.2 Å². The van der Waals surface area contributed by atoms with Crippen LogP contribution >= 0.6 is 11.6 Å². The molecule has 2 nitrogen and oxygen atoms in total. The molecule has 0 bridgehead atoms. The zero-order valence-corrected chi connectivity index (χ0v) is 11.5. The fraction of sp³-hybridized carbons (Fsp3) is 0.267. The van der Waals surface area contributed by atoms with Crippen molar-refractivity contribution in [2.24, 2.45) is 0 Å². The molecule has 0 spiro atoms. The monoisotopic (exact) mass is 278 g/mol. The molecule has 1 unspecified atom stereocenters. The fourth-order valence-corrected chi connectivity index (χ4v) is 2.25. The minimum Gasteiger partial charge on any atom is -0.306 e. The highest BCUT2D eigenvalue weighted by Gasteiger charge is 2.16. The molecule has 0 saturated heterocycles. The molecule has 0 aliphatic heterocycles. The summed E-state index contributed by atoms with van der Waals surface area (Å²) in [6.07, 6.45) is 4.54. The van der Waals surface area contributed by atoms with Gasteiger partial charge in [0.1, 0.15) is 5.82 Å². The molecular weight excluding hydrogens is 263 g/mol. The fourth-order valence-electron chi connectivity index (χ4n) is 1.98.